The van der Waals surface area contributed by atoms with Gasteiger partial charge in [0.2, 0.25) is 0 Å². The number of anilines is 2. The topological polar surface area (TPSA) is 110 Å². The highest BCUT2D eigenvalue weighted by atomic mass is 19.1. The second kappa shape index (κ2) is 10.3. The number of pyridine rings is 1. The number of aromatic nitrogens is 3. The van der Waals surface area contributed by atoms with E-state index in [0.29, 0.717) is 11.5 Å². The number of carbonyl (C=O) groups is 2. The first-order valence-electron chi connectivity index (χ1n) is 11.1. The number of carboxylic acid groups (broad SMARTS) is 1. The Morgan fingerprint density at radius 1 is 1.24 bits per heavy atom. The van der Waals surface area contributed by atoms with Crippen molar-refractivity contribution in [2.75, 3.05) is 16.8 Å². The molecule has 3 heterocycles. The molecule has 1 saturated heterocycles. The summed E-state index contributed by atoms with van der Waals surface area (Å²) in [6, 6.07) is 12.6. The minimum atomic E-state index is -0.836. The molecule has 0 bridgehead atoms. The predicted octanol–water partition coefficient (Wildman–Crippen LogP) is 4.55. The van der Waals surface area contributed by atoms with Gasteiger partial charge >= 0.3 is 12.1 Å². The number of aliphatic carboxylic acids is 1. The Morgan fingerprint density at radius 3 is 2.74 bits per heavy atom. The Morgan fingerprint density at radius 2 is 2.03 bits per heavy atom. The van der Waals surface area contributed by atoms with Crippen molar-refractivity contribution in [3.8, 4) is 5.69 Å². The molecule has 0 spiro atoms. The third-order valence-corrected chi connectivity index (χ3v) is 5.77. The van der Waals surface area contributed by atoms with E-state index in [1.807, 2.05) is 35.2 Å². The third-order valence-electron chi connectivity index (χ3n) is 5.77. The SMILES string of the molecule is CC(OC(=O)Nc1nn(-c2ccc(N3CCCCC3CC(=O)O)nc2)cc1F)c1ccccc1. The van der Waals surface area contributed by atoms with Gasteiger partial charge in [-0.25, -0.2) is 18.9 Å². The van der Waals surface area contributed by atoms with Crippen LogP contribution in [-0.4, -0.2) is 44.5 Å². The van der Waals surface area contributed by atoms with Crippen molar-refractivity contribution in [1.82, 2.24) is 14.8 Å². The van der Waals surface area contributed by atoms with E-state index in [0.717, 1.165) is 37.6 Å². The van der Waals surface area contributed by atoms with Crippen LogP contribution < -0.4 is 10.2 Å². The summed E-state index contributed by atoms with van der Waals surface area (Å²) in [5.41, 5.74) is 1.31. The van der Waals surface area contributed by atoms with Gasteiger partial charge in [0.05, 0.1) is 24.5 Å². The normalized spacial score (nSPS) is 16.6. The molecule has 2 aromatic heterocycles. The minimum absolute atomic E-state index is 0.0574. The number of carbonyl (C=O) groups excluding carboxylic acids is 1. The van der Waals surface area contributed by atoms with E-state index >= 15 is 0 Å². The van der Waals surface area contributed by atoms with Crippen LogP contribution in [0, 0.1) is 5.82 Å². The van der Waals surface area contributed by atoms with Crippen LogP contribution in [0.15, 0.2) is 54.9 Å². The molecular formula is C24H26FN5O4. The number of hydrogen-bond acceptors (Lipinski definition) is 6. The van der Waals surface area contributed by atoms with Gasteiger partial charge in [-0.15, -0.1) is 5.10 Å². The maximum absolute atomic E-state index is 14.4. The molecule has 1 fully saturated rings. The predicted molar refractivity (Wildman–Crippen MR) is 124 cm³/mol. The zero-order valence-electron chi connectivity index (χ0n) is 18.7. The van der Waals surface area contributed by atoms with Crippen molar-refractivity contribution in [2.24, 2.45) is 0 Å². The summed E-state index contributed by atoms with van der Waals surface area (Å²) >= 11 is 0. The molecule has 2 unspecified atom stereocenters. The fourth-order valence-corrected chi connectivity index (χ4v) is 4.05. The summed E-state index contributed by atoms with van der Waals surface area (Å²) in [6.07, 6.45) is 4.16. The van der Waals surface area contributed by atoms with Crippen LogP contribution in [0.1, 0.15) is 44.3 Å². The molecule has 1 amide bonds. The standard InChI is InChI=1S/C24H26FN5O4/c1-16(17-7-3-2-4-8-17)34-24(33)27-23-20(25)15-30(28-23)19-10-11-21(26-14-19)29-12-6-5-9-18(29)13-22(31)32/h2-4,7-8,10-11,14-16,18H,5-6,9,12-13H2,1H3,(H,31,32)(H,27,28,33). The number of piperidine rings is 1. The highest BCUT2D eigenvalue weighted by Gasteiger charge is 2.26. The van der Waals surface area contributed by atoms with Crippen molar-refractivity contribution in [2.45, 2.75) is 44.8 Å². The molecule has 3 aromatic rings. The zero-order chi connectivity index (χ0) is 24.1. The first-order valence-corrected chi connectivity index (χ1v) is 11.1. The molecular weight excluding hydrogens is 441 g/mol. The smallest absolute Gasteiger partial charge is 0.413 e. The first-order chi connectivity index (χ1) is 16.4. The Bertz CT molecular complexity index is 1140. The van der Waals surface area contributed by atoms with Crippen LogP contribution in [0.4, 0.5) is 20.8 Å². The van der Waals surface area contributed by atoms with Gasteiger partial charge in [-0.05, 0) is 43.9 Å². The van der Waals surface area contributed by atoms with Gasteiger partial charge in [-0.1, -0.05) is 30.3 Å². The van der Waals surface area contributed by atoms with E-state index in [-0.39, 0.29) is 18.3 Å². The molecule has 1 aromatic carbocycles. The van der Waals surface area contributed by atoms with Crippen LogP contribution >= 0.6 is 0 Å². The molecule has 2 atom stereocenters. The number of rotatable bonds is 7. The van der Waals surface area contributed by atoms with Gasteiger partial charge in [-0.3, -0.25) is 10.1 Å². The summed E-state index contributed by atoms with van der Waals surface area (Å²) in [5.74, 6) is -1.14. The molecule has 0 aliphatic carbocycles. The van der Waals surface area contributed by atoms with Crippen LogP contribution in [0.5, 0.6) is 0 Å². The lowest BCUT2D eigenvalue weighted by Crippen LogP contribution is -2.41. The summed E-state index contributed by atoms with van der Waals surface area (Å²) < 4.78 is 21.0. The fourth-order valence-electron chi connectivity index (χ4n) is 4.05. The Labute approximate surface area is 196 Å². The van der Waals surface area contributed by atoms with E-state index in [1.165, 1.54) is 10.9 Å². The third kappa shape index (κ3) is 5.51. The summed E-state index contributed by atoms with van der Waals surface area (Å²) in [7, 11) is 0. The highest BCUT2D eigenvalue weighted by molar-refractivity contribution is 5.83. The lowest BCUT2D eigenvalue weighted by molar-refractivity contribution is -0.137. The van der Waals surface area contributed by atoms with Crippen molar-refractivity contribution in [3.63, 3.8) is 0 Å². The lowest BCUT2D eigenvalue weighted by atomic mass is 9.99. The van der Waals surface area contributed by atoms with Crippen LogP contribution in [0.25, 0.3) is 5.69 Å². The maximum atomic E-state index is 14.4. The van der Waals surface area contributed by atoms with Gasteiger partial charge in [0.1, 0.15) is 11.9 Å². The van der Waals surface area contributed by atoms with Crippen LogP contribution in [0.3, 0.4) is 0 Å². The molecule has 10 heteroatoms. The summed E-state index contributed by atoms with van der Waals surface area (Å²) in [4.78, 5) is 29.9. The molecule has 0 saturated carbocycles. The summed E-state index contributed by atoms with van der Waals surface area (Å²) in [5, 5.41) is 15.6. The molecule has 0 radical (unpaired) electrons. The Hall–Kier alpha value is -3.95. The van der Waals surface area contributed by atoms with Crippen LogP contribution in [0.2, 0.25) is 0 Å². The van der Waals surface area contributed by atoms with E-state index in [9.17, 15) is 19.1 Å². The van der Waals surface area contributed by atoms with Crippen LogP contribution in [-0.2, 0) is 9.53 Å². The van der Waals surface area contributed by atoms with E-state index < -0.39 is 24.0 Å². The number of amides is 1. The maximum Gasteiger partial charge on any atom is 0.413 e. The second-order valence-electron chi connectivity index (χ2n) is 8.17. The van der Waals surface area contributed by atoms with E-state index in [4.69, 9.17) is 4.74 Å². The number of hydrogen-bond donors (Lipinski definition) is 2. The molecule has 178 valence electrons. The fraction of sp³-hybridized carbons (Fsp3) is 0.333. The van der Waals surface area contributed by atoms with Gasteiger partial charge in [-0.2, -0.15) is 0 Å². The quantitative estimate of drug-likeness (QED) is 0.525. The molecule has 1 aliphatic rings. The van der Waals surface area contributed by atoms with Gasteiger partial charge in [0.25, 0.3) is 0 Å². The average molecular weight is 468 g/mol. The van der Waals surface area contributed by atoms with Crippen molar-refractivity contribution in [3.05, 3.63) is 66.2 Å². The van der Waals surface area contributed by atoms with Gasteiger partial charge in [0, 0.05) is 12.6 Å². The van der Waals surface area contributed by atoms with Gasteiger partial charge < -0.3 is 14.7 Å². The monoisotopic (exact) mass is 467 g/mol. The molecule has 34 heavy (non-hydrogen) atoms. The number of halogens is 1. The number of carboxylic acids is 1. The van der Waals surface area contributed by atoms with Gasteiger partial charge in [0.15, 0.2) is 11.6 Å². The van der Waals surface area contributed by atoms with E-state index in [1.54, 1.807) is 19.1 Å². The zero-order valence-corrected chi connectivity index (χ0v) is 18.7. The highest BCUT2D eigenvalue weighted by Crippen LogP contribution is 2.26. The van der Waals surface area contributed by atoms with Crippen molar-refractivity contribution < 1.29 is 23.8 Å². The lowest BCUT2D eigenvalue weighted by Gasteiger charge is -2.35. The molecule has 9 nitrogen and oxygen atoms in total. The molecule has 4 rings (SSSR count). The molecule has 2 N–H and O–H groups in total. The number of ether oxygens (including phenoxy) is 1. The van der Waals surface area contributed by atoms with Crippen molar-refractivity contribution >= 4 is 23.7 Å². The number of nitrogens with zero attached hydrogens (tertiary/aromatic N) is 4. The largest absolute Gasteiger partial charge is 0.481 e. The molecule has 1 aliphatic heterocycles. The summed E-state index contributed by atoms with van der Waals surface area (Å²) in [6.45, 7) is 2.46. The number of nitrogens with one attached hydrogen (secondary N) is 1. The average Bonchev–Trinajstić information content (AvgIpc) is 3.19. The minimum Gasteiger partial charge on any atom is -0.481 e. The van der Waals surface area contributed by atoms with Crippen molar-refractivity contribution in [1.29, 1.82) is 0 Å². The van der Waals surface area contributed by atoms with E-state index in [2.05, 4.69) is 15.4 Å². The Balaban J connectivity index is 1.42. The Kier molecular flexibility index (Phi) is 7.05. The first kappa shape index (κ1) is 23.2. The number of benzene rings is 1. The second-order valence-corrected chi connectivity index (χ2v) is 8.17.